The van der Waals surface area contributed by atoms with Gasteiger partial charge in [0.2, 0.25) is 0 Å². The summed E-state index contributed by atoms with van der Waals surface area (Å²) in [4.78, 5) is 36.3. The summed E-state index contributed by atoms with van der Waals surface area (Å²) >= 11 is 0. The normalized spacial score (nSPS) is 11.0. The third-order valence-corrected chi connectivity index (χ3v) is 4.25. The number of anilines is 1. The molecule has 3 N–H and O–H groups in total. The molecule has 1 aromatic heterocycles. The molecule has 0 spiro atoms. The number of hydrogen-bond donors (Lipinski definition) is 3. The molecular formula is C20H21N3O4. The summed E-state index contributed by atoms with van der Waals surface area (Å²) in [5.41, 5.74) is 1.40. The van der Waals surface area contributed by atoms with Crippen LogP contribution in [0.1, 0.15) is 30.9 Å². The number of aromatic nitrogens is 2. The van der Waals surface area contributed by atoms with E-state index >= 15 is 0 Å². The average molecular weight is 367 g/mol. The third kappa shape index (κ3) is 3.92. The molecule has 0 fully saturated rings. The third-order valence-electron chi connectivity index (χ3n) is 4.25. The van der Waals surface area contributed by atoms with Crippen molar-refractivity contribution in [3.8, 4) is 5.75 Å². The van der Waals surface area contributed by atoms with Crippen molar-refractivity contribution in [3.63, 3.8) is 0 Å². The van der Waals surface area contributed by atoms with Gasteiger partial charge in [0, 0.05) is 0 Å². The van der Waals surface area contributed by atoms with Crippen LogP contribution in [-0.4, -0.2) is 22.7 Å². The van der Waals surface area contributed by atoms with Crippen molar-refractivity contribution in [3.05, 3.63) is 68.2 Å². The van der Waals surface area contributed by atoms with E-state index in [-0.39, 0.29) is 29.0 Å². The van der Waals surface area contributed by atoms with Crippen LogP contribution >= 0.6 is 0 Å². The number of H-pyrrole nitrogens is 2. The van der Waals surface area contributed by atoms with E-state index in [1.54, 1.807) is 12.1 Å². The van der Waals surface area contributed by atoms with Crippen molar-refractivity contribution in [1.82, 2.24) is 10.2 Å². The SMILES string of the molecule is Cc1ccc(C(C)C)c(OCC(=O)Nc2cccc3c(=O)[nH][nH]c(=O)c23)c1. The molecule has 2 aromatic carbocycles. The van der Waals surface area contributed by atoms with Gasteiger partial charge >= 0.3 is 0 Å². The number of hydrogen-bond acceptors (Lipinski definition) is 4. The first-order valence-electron chi connectivity index (χ1n) is 8.63. The van der Waals surface area contributed by atoms with Gasteiger partial charge in [-0.1, -0.05) is 32.0 Å². The Balaban J connectivity index is 1.81. The fourth-order valence-corrected chi connectivity index (χ4v) is 2.91. The van der Waals surface area contributed by atoms with Gasteiger partial charge in [0.25, 0.3) is 17.0 Å². The molecule has 0 atom stereocenters. The van der Waals surface area contributed by atoms with Crippen LogP contribution in [0.4, 0.5) is 5.69 Å². The van der Waals surface area contributed by atoms with Gasteiger partial charge in [0.05, 0.1) is 16.5 Å². The number of carbonyl (C=O) groups excluding carboxylic acids is 1. The van der Waals surface area contributed by atoms with Gasteiger partial charge in [-0.3, -0.25) is 24.6 Å². The fraction of sp³-hybridized carbons (Fsp3) is 0.250. The number of rotatable bonds is 5. The smallest absolute Gasteiger partial charge is 0.272 e. The van der Waals surface area contributed by atoms with Crippen LogP contribution in [-0.2, 0) is 4.79 Å². The van der Waals surface area contributed by atoms with E-state index < -0.39 is 17.0 Å². The first-order valence-corrected chi connectivity index (χ1v) is 8.63. The van der Waals surface area contributed by atoms with Crippen LogP contribution in [0.2, 0.25) is 0 Å². The minimum atomic E-state index is -0.484. The molecule has 0 unspecified atom stereocenters. The Morgan fingerprint density at radius 3 is 2.59 bits per heavy atom. The highest BCUT2D eigenvalue weighted by Crippen LogP contribution is 2.27. The lowest BCUT2D eigenvalue weighted by Gasteiger charge is -2.15. The summed E-state index contributed by atoms with van der Waals surface area (Å²) in [7, 11) is 0. The maximum atomic E-state index is 12.4. The second kappa shape index (κ2) is 7.49. The van der Waals surface area contributed by atoms with E-state index in [1.165, 1.54) is 6.07 Å². The summed E-state index contributed by atoms with van der Waals surface area (Å²) in [5, 5.41) is 7.51. The minimum absolute atomic E-state index is 0.132. The molecule has 0 aliphatic rings. The van der Waals surface area contributed by atoms with Gasteiger partial charge in [-0.2, -0.15) is 0 Å². The monoisotopic (exact) mass is 367 g/mol. The number of benzene rings is 2. The Morgan fingerprint density at radius 2 is 1.85 bits per heavy atom. The Labute approximate surface area is 155 Å². The second-order valence-electron chi connectivity index (χ2n) is 6.67. The predicted octanol–water partition coefficient (Wildman–Crippen LogP) is 2.67. The van der Waals surface area contributed by atoms with Crippen molar-refractivity contribution in [1.29, 1.82) is 0 Å². The Morgan fingerprint density at radius 1 is 1.11 bits per heavy atom. The van der Waals surface area contributed by atoms with Crippen molar-refractivity contribution in [2.75, 3.05) is 11.9 Å². The molecule has 0 bridgehead atoms. The maximum Gasteiger partial charge on any atom is 0.272 e. The Bertz CT molecular complexity index is 1110. The number of fused-ring (bicyclic) bond motifs is 1. The van der Waals surface area contributed by atoms with Gasteiger partial charge in [-0.15, -0.1) is 0 Å². The summed E-state index contributed by atoms with van der Waals surface area (Å²) < 4.78 is 5.71. The van der Waals surface area contributed by atoms with E-state index in [9.17, 15) is 14.4 Å². The van der Waals surface area contributed by atoms with Crippen molar-refractivity contribution >= 4 is 22.4 Å². The van der Waals surface area contributed by atoms with Gasteiger partial charge in [-0.25, -0.2) is 0 Å². The lowest BCUT2D eigenvalue weighted by atomic mass is 10.0. The van der Waals surface area contributed by atoms with Crippen LogP contribution in [0.25, 0.3) is 10.8 Å². The van der Waals surface area contributed by atoms with Crippen molar-refractivity contribution < 1.29 is 9.53 Å². The zero-order chi connectivity index (χ0) is 19.6. The molecule has 7 nitrogen and oxygen atoms in total. The molecule has 27 heavy (non-hydrogen) atoms. The van der Waals surface area contributed by atoms with E-state index in [2.05, 4.69) is 29.4 Å². The molecule has 0 aliphatic carbocycles. The number of ether oxygens (including phenoxy) is 1. The molecule has 3 aromatic rings. The Hall–Kier alpha value is -3.35. The van der Waals surface area contributed by atoms with Crippen LogP contribution in [0.15, 0.2) is 46.0 Å². The summed E-state index contributed by atoms with van der Waals surface area (Å²) in [6.45, 7) is 5.85. The zero-order valence-electron chi connectivity index (χ0n) is 15.4. The first-order chi connectivity index (χ1) is 12.9. The molecule has 7 heteroatoms. The van der Waals surface area contributed by atoms with Crippen LogP contribution < -0.4 is 21.2 Å². The van der Waals surface area contributed by atoms with Crippen molar-refractivity contribution in [2.45, 2.75) is 26.7 Å². The quantitative estimate of drug-likeness (QED) is 0.645. The molecule has 0 radical (unpaired) electrons. The number of aromatic amines is 2. The van der Waals surface area contributed by atoms with E-state index in [0.29, 0.717) is 5.75 Å². The molecule has 140 valence electrons. The highest BCUT2D eigenvalue weighted by Gasteiger charge is 2.13. The lowest BCUT2D eigenvalue weighted by molar-refractivity contribution is -0.118. The molecule has 1 amide bonds. The first kappa shape index (κ1) is 18.4. The summed E-state index contributed by atoms with van der Waals surface area (Å²) in [6.07, 6.45) is 0. The average Bonchev–Trinajstić information content (AvgIpc) is 2.63. The fourth-order valence-electron chi connectivity index (χ4n) is 2.91. The van der Waals surface area contributed by atoms with E-state index in [4.69, 9.17) is 4.74 Å². The highest BCUT2D eigenvalue weighted by atomic mass is 16.5. The number of aryl methyl sites for hydroxylation is 1. The molecule has 1 heterocycles. The summed E-state index contributed by atoms with van der Waals surface area (Å²) in [5.74, 6) is 0.498. The minimum Gasteiger partial charge on any atom is -0.483 e. The van der Waals surface area contributed by atoms with Crippen molar-refractivity contribution in [2.24, 2.45) is 0 Å². The Kier molecular flexibility index (Phi) is 5.12. The summed E-state index contributed by atoms with van der Waals surface area (Å²) in [6, 6.07) is 10.6. The largest absolute Gasteiger partial charge is 0.483 e. The van der Waals surface area contributed by atoms with Gasteiger partial charge in [0.1, 0.15) is 5.75 Å². The predicted molar refractivity (Wildman–Crippen MR) is 105 cm³/mol. The molecule has 0 aliphatic heterocycles. The second-order valence-corrected chi connectivity index (χ2v) is 6.67. The van der Waals surface area contributed by atoms with Crippen LogP contribution in [0, 0.1) is 6.92 Å². The van der Waals surface area contributed by atoms with Gasteiger partial charge in [0.15, 0.2) is 6.61 Å². The molecule has 0 saturated carbocycles. The highest BCUT2D eigenvalue weighted by molar-refractivity contribution is 6.01. The zero-order valence-corrected chi connectivity index (χ0v) is 15.4. The van der Waals surface area contributed by atoms with E-state index in [0.717, 1.165) is 11.1 Å². The molecule has 0 saturated heterocycles. The van der Waals surface area contributed by atoms with Gasteiger partial charge in [-0.05, 0) is 42.2 Å². The lowest BCUT2D eigenvalue weighted by Crippen LogP contribution is -2.24. The van der Waals surface area contributed by atoms with Crippen LogP contribution in [0.5, 0.6) is 5.75 Å². The topological polar surface area (TPSA) is 104 Å². The number of nitrogens with one attached hydrogen (secondary N) is 3. The standard InChI is InChI=1S/C20H21N3O4/c1-11(2)13-8-7-12(3)9-16(13)27-10-17(24)21-15-6-4-5-14-18(15)20(26)23-22-19(14)25/h4-9,11H,10H2,1-3H3,(H,21,24)(H,22,25)(H,23,26). The van der Waals surface area contributed by atoms with Crippen LogP contribution in [0.3, 0.4) is 0 Å². The number of carbonyl (C=O) groups is 1. The maximum absolute atomic E-state index is 12.4. The number of amides is 1. The van der Waals surface area contributed by atoms with E-state index in [1.807, 2.05) is 25.1 Å². The molecule has 3 rings (SSSR count). The van der Waals surface area contributed by atoms with Gasteiger partial charge < -0.3 is 10.1 Å². The molecular weight excluding hydrogens is 346 g/mol.